The number of piperazine rings is 1. The second-order valence-corrected chi connectivity index (χ2v) is 6.78. The molecular weight excluding hydrogens is 252 g/mol. The van der Waals surface area contributed by atoms with Gasteiger partial charge in [0.15, 0.2) is 5.76 Å². The lowest BCUT2D eigenvalue weighted by molar-refractivity contribution is 0.0602. The minimum atomic E-state index is 0.0179. The molecule has 0 radical (unpaired) electrons. The van der Waals surface area contributed by atoms with Gasteiger partial charge in [0.1, 0.15) is 0 Å². The fourth-order valence-corrected chi connectivity index (χ4v) is 2.56. The van der Waals surface area contributed by atoms with E-state index in [0.717, 1.165) is 32.7 Å². The molecule has 0 unspecified atom stereocenters. The number of carbonyl (C=O) groups excluding carboxylic acids is 1. The zero-order chi connectivity index (χ0) is 14.6. The molecule has 1 fully saturated rings. The lowest BCUT2D eigenvalue weighted by atomic mass is 9.90. The number of hydrogen-bond acceptors (Lipinski definition) is 3. The molecule has 4 heteroatoms. The fourth-order valence-electron chi connectivity index (χ4n) is 2.56. The van der Waals surface area contributed by atoms with E-state index in [9.17, 15) is 4.79 Å². The summed E-state index contributed by atoms with van der Waals surface area (Å²) in [6, 6.07) is 3.49. The van der Waals surface area contributed by atoms with Crippen molar-refractivity contribution in [2.75, 3.05) is 32.7 Å². The molecule has 0 bridgehead atoms. The summed E-state index contributed by atoms with van der Waals surface area (Å²) in [7, 11) is 0. The molecular formula is C16H26N2O2. The van der Waals surface area contributed by atoms with Crippen LogP contribution in [0.2, 0.25) is 0 Å². The lowest BCUT2D eigenvalue weighted by Gasteiger charge is -2.34. The summed E-state index contributed by atoms with van der Waals surface area (Å²) in [5, 5.41) is 0. The first-order chi connectivity index (χ1) is 9.46. The molecule has 4 nitrogen and oxygen atoms in total. The van der Waals surface area contributed by atoms with Gasteiger partial charge in [0, 0.05) is 26.2 Å². The maximum absolute atomic E-state index is 12.1. The van der Waals surface area contributed by atoms with Crippen LogP contribution in [-0.4, -0.2) is 48.4 Å². The Balaban J connectivity index is 1.71. The quantitative estimate of drug-likeness (QED) is 0.850. The van der Waals surface area contributed by atoms with Gasteiger partial charge in [-0.25, -0.2) is 0 Å². The van der Waals surface area contributed by atoms with Gasteiger partial charge < -0.3 is 9.32 Å². The van der Waals surface area contributed by atoms with Gasteiger partial charge in [-0.2, -0.15) is 0 Å². The van der Waals surface area contributed by atoms with Gasteiger partial charge in [-0.05, 0) is 36.9 Å². The molecule has 0 spiro atoms. The molecule has 1 aliphatic heterocycles. The maximum atomic E-state index is 12.1. The van der Waals surface area contributed by atoms with E-state index in [1.807, 2.05) is 4.90 Å². The summed E-state index contributed by atoms with van der Waals surface area (Å²) in [6.45, 7) is 11.5. The minimum absolute atomic E-state index is 0.0179. The molecule has 0 aromatic carbocycles. The summed E-state index contributed by atoms with van der Waals surface area (Å²) in [5.74, 6) is 0.468. The Morgan fingerprint density at radius 1 is 1.25 bits per heavy atom. The largest absolute Gasteiger partial charge is 0.459 e. The Morgan fingerprint density at radius 2 is 1.95 bits per heavy atom. The first-order valence-corrected chi connectivity index (χ1v) is 7.51. The zero-order valence-electron chi connectivity index (χ0n) is 12.9. The van der Waals surface area contributed by atoms with Crippen LogP contribution in [-0.2, 0) is 0 Å². The topological polar surface area (TPSA) is 36.7 Å². The fraction of sp³-hybridized carbons (Fsp3) is 0.688. The number of hydrogen-bond donors (Lipinski definition) is 0. The highest BCUT2D eigenvalue weighted by Gasteiger charge is 2.23. The third-order valence-corrected chi connectivity index (χ3v) is 3.79. The van der Waals surface area contributed by atoms with Crippen molar-refractivity contribution in [3.05, 3.63) is 24.2 Å². The minimum Gasteiger partial charge on any atom is -0.459 e. The van der Waals surface area contributed by atoms with Crippen LogP contribution in [0.1, 0.15) is 44.2 Å². The molecule has 1 aromatic rings. The number of amides is 1. The van der Waals surface area contributed by atoms with E-state index in [2.05, 4.69) is 25.7 Å². The molecule has 112 valence electrons. The second kappa shape index (κ2) is 6.44. The molecule has 0 saturated carbocycles. The van der Waals surface area contributed by atoms with Gasteiger partial charge in [0.05, 0.1) is 6.26 Å². The van der Waals surface area contributed by atoms with E-state index in [1.54, 1.807) is 18.4 Å². The number of carbonyl (C=O) groups is 1. The Morgan fingerprint density at radius 3 is 2.50 bits per heavy atom. The molecule has 0 N–H and O–H groups in total. The molecule has 2 heterocycles. The van der Waals surface area contributed by atoms with Crippen LogP contribution in [0.3, 0.4) is 0 Å². The van der Waals surface area contributed by atoms with Crippen LogP contribution in [0.25, 0.3) is 0 Å². The Hall–Kier alpha value is -1.29. The predicted octanol–water partition coefficient (Wildman–Crippen LogP) is 2.86. The highest BCUT2D eigenvalue weighted by Crippen LogP contribution is 2.21. The third-order valence-electron chi connectivity index (χ3n) is 3.79. The zero-order valence-corrected chi connectivity index (χ0v) is 12.9. The normalized spacial score (nSPS) is 17.4. The summed E-state index contributed by atoms with van der Waals surface area (Å²) in [5.41, 5.74) is 0.414. The van der Waals surface area contributed by atoms with Crippen LogP contribution >= 0.6 is 0 Å². The van der Waals surface area contributed by atoms with Crippen molar-refractivity contribution in [2.24, 2.45) is 5.41 Å². The van der Waals surface area contributed by atoms with E-state index in [1.165, 1.54) is 12.8 Å². The van der Waals surface area contributed by atoms with Gasteiger partial charge >= 0.3 is 0 Å². The van der Waals surface area contributed by atoms with Crippen molar-refractivity contribution in [2.45, 2.75) is 33.6 Å². The molecule has 0 aliphatic carbocycles. The van der Waals surface area contributed by atoms with E-state index < -0.39 is 0 Å². The number of nitrogens with zero attached hydrogens (tertiary/aromatic N) is 2. The van der Waals surface area contributed by atoms with Gasteiger partial charge in [0.2, 0.25) is 0 Å². The van der Waals surface area contributed by atoms with Crippen molar-refractivity contribution >= 4 is 5.91 Å². The first-order valence-electron chi connectivity index (χ1n) is 7.51. The molecule has 0 atom stereocenters. The first kappa shape index (κ1) is 15.1. The van der Waals surface area contributed by atoms with Gasteiger partial charge in [-0.15, -0.1) is 0 Å². The van der Waals surface area contributed by atoms with Gasteiger partial charge in [-0.1, -0.05) is 20.8 Å². The van der Waals surface area contributed by atoms with Gasteiger partial charge in [0.25, 0.3) is 5.91 Å². The summed E-state index contributed by atoms with van der Waals surface area (Å²) < 4.78 is 5.17. The summed E-state index contributed by atoms with van der Waals surface area (Å²) in [4.78, 5) is 16.5. The van der Waals surface area contributed by atoms with Crippen LogP contribution in [0, 0.1) is 5.41 Å². The van der Waals surface area contributed by atoms with Crippen molar-refractivity contribution in [3.63, 3.8) is 0 Å². The van der Waals surface area contributed by atoms with Crippen molar-refractivity contribution in [1.82, 2.24) is 9.80 Å². The Bertz CT molecular complexity index is 412. The molecule has 1 aliphatic rings. The maximum Gasteiger partial charge on any atom is 0.289 e. The molecule has 1 aromatic heterocycles. The van der Waals surface area contributed by atoms with Crippen molar-refractivity contribution in [3.8, 4) is 0 Å². The molecule has 1 saturated heterocycles. The van der Waals surface area contributed by atoms with Gasteiger partial charge in [-0.3, -0.25) is 9.69 Å². The molecule has 1 amide bonds. The highest BCUT2D eigenvalue weighted by atomic mass is 16.3. The highest BCUT2D eigenvalue weighted by molar-refractivity contribution is 5.91. The Kier molecular flexibility index (Phi) is 4.86. The predicted molar refractivity (Wildman–Crippen MR) is 79.7 cm³/mol. The Labute approximate surface area is 121 Å². The SMILES string of the molecule is CC(C)(C)CCCN1CCN(C(=O)c2ccco2)CC1. The van der Waals surface area contributed by atoms with Crippen molar-refractivity contribution < 1.29 is 9.21 Å². The average Bonchev–Trinajstić information content (AvgIpc) is 2.91. The van der Waals surface area contributed by atoms with Crippen LogP contribution in [0.5, 0.6) is 0 Å². The lowest BCUT2D eigenvalue weighted by Crippen LogP contribution is -2.48. The van der Waals surface area contributed by atoms with Crippen LogP contribution < -0.4 is 0 Å². The molecule has 20 heavy (non-hydrogen) atoms. The number of furan rings is 1. The second-order valence-electron chi connectivity index (χ2n) is 6.78. The van der Waals surface area contributed by atoms with Crippen molar-refractivity contribution in [1.29, 1.82) is 0 Å². The van der Waals surface area contributed by atoms with E-state index in [4.69, 9.17) is 4.42 Å². The average molecular weight is 278 g/mol. The monoisotopic (exact) mass is 278 g/mol. The van der Waals surface area contributed by atoms with Crippen LogP contribution in [0.4, 0.5) is 0 Å². The number of rotatable bonds is 4. The third kappa shape index (κ3) is 4.37. The summed E-state index contributed by atoms with van der Waals surface area (Å²) in [6.07, 6.45) is 4.03. The van der Waals surface area contributed by atoms with Crippen LogP contribution in [0.15, 0.2) is 22.8 Å². The smallest absolute Gasteiger partial charge is 0.289 e. The van der Waals surface area contributed by atoms with E-state index in [-0.39, 0.29) is 5.91 Å². The van der Waals surface area contributed by atoms with E-state index >= 15 is 0 Å². The van der Waals surface area contributed by atoms with E-state index in [0.29, 0.717) is 11.2 Å². The summed E-state index contributed by atoms with van der Waals surface area (Å²) >= 11 is 0. The standard InChI is InChI=1S/C16H26N2O2/c1-16(2,3)7-5-8-17-9-11-18(12-10-17)15(19)14-6-4-13-20-14/h4,6,13H,5,7-12H2,1-3H3. The molecule has 2 rings (SSSR count).